The quantitative estimate of drug-likeness (QED) is 0.220. The predicted molar refractivity (Wildman–Crippen MR) is 192 cm³/mol. The molecule has 0 unspecified atom stereocenters. The molecule has 0 bridgehead atoms. The normalized spacial score (nSPS) is 14.5. The number of carbonyl (C=O) groups excluding carboxylic acids is 1. The molecule has 46 heavy (non-hydrogen) atoms. The van der Waals surface area contributed by atoms with Gasteiger partial charge in [0.15, 0.2) is 0 Å². The number of rotatable bonds is 11. The average Bonchev–Trinajstić information content (AvgIpc) is 3.49. The van der Waals surface area contributed by atoms with E-state index in [-0.39, 0.29) is 11.5 Å². The summed E-state index contributed by atoms with van der Waals surface area (Å²) in [4.78, 5) is 19.5. The van der Waals surface area contributed by atoms with E-state index < -0.39 is 5.92 Å². The van der Waals surface area contributed by atoms with Gasteiger partial charge in [-0.25, -0.2) is 13.8 Å². The fraction of sp³-hybridized carbons (Fsp3) is 0.487. The molecule has 5 nitrogen and oxygen atoms in total. The number of carbonyl (C=O) groups is 1. The molecule has 2 N–H and O–H groups in total. The minimum atomic E-state index is -2.97. The summed E-state index contributed by atoms with van der Waals surface area (Å²) in [6, 6.07) is 12.6. The summed E-state index contributed by atoms with van der Waals surface area (Å²) < 4.78 is 28.3. The lowest BCUT2D eigenvalue weighted by molar-refractivity contribution is 0.0174. The largest absolute Gasteiger partial charge is 0.373 e. The zero-order valence-corrected chi connectivity index (χ0v) is 29.6. The van der Waals surface area contributed by atoms with Crippen LogP contribution in [0.1, 0.15) is 111 Å². The molecule has 1 saturated heterocycles. The number of nitrogens with zero attached hydrogens (tertiary/aromatic N) is 2. The van der Waals surface area contributed by atoms with Crippen LogP contribution >= 0.6 is 0 Å². The van der Waals surface area contributed by atoms with Crippen molar-refractivity contribution in [3.8, 4) is 0 Å². The van der Waals surface area contributed by atoms with E-state index in [0.717, 1.165) is 80.2 Å². The van der Waals surface area contributed by atoms with Crippen LogP contribution in [0.3, 0.4) is 0 Å². The summed E-state index contributed by atoms with van der Waals surface area (Å²) in [5.41, 5.74) is 7.40. The Bertz CT molecular complexity index is 1430. The Labute approximate surface area is 276 Å². The number of benzene rings is 2. The number of nitrogens with one attached hydrogen (secondary N) is 2. The first kappa shape index (κ1) is 38.6. The lowest BCUT2D eigenvalue weighted by Crippen LogP contribution is -2.21. The molecule has 3 aromatic rings. The number of alkyl halides is 2. The Morgan fingerprint density at radius 1 is 1.09 bits per heavy atom. The Kier molecular flexibility index (Phi) is 15.6. The van der Waals surface area contributed by atoms with Crippen molar-refractivity contribution in [3.63, 3.8) is 0 Å². The van der Waals surface area contributed by atoms with E-state index in [2.05, 4.69) is 53.9 Å². The second-order valence-corrected chi connectivity index (χ2v) is 12.1. The molecule has 1 aromatic heterocycles. The van der Waals surface area contributed by atoms with Crippen LogP contribution in [0.15, 0.2) is 55.2 Å². The van der Waals surface area contributed by atoms with E-state index in [1.54, 1.807) is 6.07 Å². The molecule has 0 saturated carbocycles. The zero-order valence-electron chi connectivity index (χ0n) is 29.6. The lowest BCUT2D eigenvalue weighted by Gasteiger charge is -2.19. The van der Waals surface area contributed by atoms with E-state index >= 15 is 0 Å². The standard InChI is InChI=1S/C26H34F2N2O.C11H16N2.C2H6/c1-5-7-21-8-9-22(12-18(21)3)25(31)29-24-14-20(13-23(15-24)26(4,27)28)17-30-11-10-19(6-2)16-30;1-5-9-6-10(8(2)3)11(12-4)13-7-9;1-2/h8-9,12-15,19H,5-7,10-11,16-17H2,1-4H3,(H,29,31);6-7H,2,5H2,1,3-4H3,(H,12,13);1-2H3/t19-;;/m1../s1. The molecule has 1 amide bonds. The molecule has 252 valence electrons. The topological polar surface area (TPSA) is 57.3 Å². The molecule has 1 fully saturated rings. The van der Waals surface area contributed by atoms with Crippen molar-refractivity contribution < 1.29 is 13.6 Å². The van der Waals surface area contributed by atoms with Gasteiger partial charge in [0.25, 0.3) is 11.8 Å². The number of halogens is 2. The van der Waals surface area contributed by atoms with E-state index in [1.807, 2.05) is 65.2 Å². The third-order valence-corrected chi connectivity index (χ3v) is 8.28. The van der Waals surface area contributed by atoms with Crippen LogP contribution in [-0.4, -0.2) is 35.9 Å². The number of aryl methyl sites for hydroxylation is 3. The molecule has 7 heteroatoms. The van der Waals surface area contributed by atoms with Gasteiger partial charge in [-0.15, -0.1) is 0 Å². The van der Waals surface area contributed by atoms with Gasteiger partial charge in [-0.05, 0) is 110 Å². The average molecular weight is 635 g/mol. The van der Waals surface area contributed by atoms with Gasteiger partial charge in [-0.3, -0.25) is 9.69 Å². The SMILES string of the molecule is C=C(C)c1cc(CC)cnc1NC.CC.CCCc1ccc(C(=O)Nc2cc(CN3CC[C@@H](CC)C3)cc(C(C)(F)F)c2)cc1C. The number of likely N-dealkylation sites (tertiary alicyclic amines) is 1. The summed E-state index contributed by atoms with van der Waals surface area (Å²) in [5, 5.41) is 5.90. The third kappa shape index (κ3) is 11.3. The second-order valence-electron chi connectivity index (χ2n) is 12.1. The first-order chi connectivity index (χ1) is 21.9. The van der Waals surface area contributed by atoms with Gasteiger partial charge in [0.1, 0.15) is 5.82 Å². The summed E-state index contributed by atoms with van der Waals surface area (Å²) >= 11 is 0. The van der Waals surface area contributed by atoms with Gasteiger partial charge < -0.3 is 10.6 Å². The minimum absolute atomic E-state index is 0.0685. The number of allylic oxidation sites excluding steroid dienone is 1. The first-order valence-corrected chi connectivity index (χ1v) is 16.9. The van der Waals surface area contributed by atoms with E-state index in [9.17, 15) is 13.6 Å². The number of hydrogen-bond acceptors (Lipinski definition) is 4. The highest BCUT2D eigenvalue weighted by Gasteiger charge is 2.27. The fourth-order valence-electron chi connectivity index (χ4n) is 5.57. The number of hydrogen-bond donors (Lipinski definition) is 2. The van der Waals surface area contributed by atoms with E-state index in [4.69, 9.17) is 0 Å². The Hall–Kier alpha value is -3.58. The lowest BCUT2D eigenvalue weighted by atomic mass is 10.0. The zero-order chi connectivity index (χ0) is 34.4. The maximum Gasteiger partial charge on any atom is 0.270 e. The van der Waals surface area contributed by atoms with Crippen LogP contribution in [0.25, 0.3) is 5.57 Å². The van der Waals surface area contributed by atoms with E-state index in [1.165, 1.54) is 17.2 Å². The van der Waals surface area contributed by atoms with Crippen LogP contribution in [0.2, 0.25) is 0 Å². The van der Waals surface area contributed by atoms with Gasteiger partial charge in [-0.1, -0.05) is 60.1 Å². The molecule has 2 aromatic carbocycles. The van der Waals surface area contributed by atoms with Gasteiger partial charge in [0.05, 0.1) is 0 Å². The van der Waals surface area contributed by atoms with Crippen LogP contribution < -0.4 is 10.6 Å². The Morgan fingerprint density at radius 3 is 2.35 bits per heavy atom. The van der Waals surface area contributed by atoms with Crippen molar-refractivity contribution in [1.29, 1.82) is 0 Å². The minimum Gasteiger partial charge on any atom is -0.373 e. The van der Waals surface area contributed by atoms with Crippen molar-refractivity contribution in [2.24, 2.45) is 5.92 Å². The maximum absolute atomic E-state index is 14.1. The number of aromatic nitrogens is 1. The van der Waals surface area contributed by atoms with Crippen molar-refractivity contribution in [2.45, 2.75) is 100.0 Å². The first-order valence-electron chi connectivity index (χ1n) is 16.9. The summed E-state index contributed by atoms with van der Waals surface area (Å²) in [7, 11) is 1.88. The second kappa shape index (κ2) is 18.5. The van der Waals surface area contributed by atoms with Crippen LogP contribution in [-0.2, 0) is 25.3 Å². The molecule has 0 radical (unpaired) electrons. The molecule has 4 rings (SSSR count). The highest BCUT2D eigenvalue weighted by molar-refractivity contribution is 6.04. The van der Waals surface area contributed by atoms with E-state index in [0.29, 0.717) is 23.7 Å². The van der Waals surface area contributed by atoms with Gasteiger partial charge in [0.2, 0.25) is 0 Å². The maximum atomic E-state index is 14.1. The van der Waals surface area contributed by atoms with Crippen molar-refractivity contribution in [2.75, 3.05) is 30.8 Å². The number of anilines is 2. The number of pyridine rings is 1. The summed E-state index contributed by atoms with van der Waals surface area (Å²) in [6.45, 7) is 21.9. The number of amides is 1. The van der Waals surface area contributed by atoms with Gasteiger partial charge >= 0.3 is 0 Å². The molecule has 0 aliphatic carbocycles. The molecular weight excluding hydrogens is 578 g/mol. The molecule has 1 atom stereocenters. The van der Waals surface area contributed by atoms with Crippen LogP contribution in [0.5, 0.6) is 0 Å². The van der Waals surface area contributed by atoms with Crippen LogP contribution in [0.4, 0.5) is 20.3 Å². The third-order valence-electron chi connectivity index (χ3n) is 8.28. The van der Waals surface area contributed by atoms with Gasteiger partial charge in [-0.2, -0.15) is 0 Å². The highest BCUT2D eigenvalue weighted by atomic mass is 19.3. The Balaban J connectivity index is 0.000000410. The van der Waals surface area contributed by atoms with Crippen LogP contribution in [0, 0.1) is 12.8 Å². The fourth-order valence-corrected chi connectivity index (χ4v) is 5.57. The molecule has 1 aliphatic rings. The monoisotopic (exact) mass is 634 g/mol. The smallest absolute Gasteiger partial charge is 0.270 e. The molecule has 0 spiro atoms. The van der Waals surface area contributed by atoms with Crippen molar-refractivity contribution in [1.82, 2.24) is 9.88 Å². The Morgan fingerprint density at radius 2 is 1.80 bits per heavy atom. The predicted octanol–water partition coefficient (Wildman–Crippen LogP) is 10.3. The summed E-state index contributed by atoms with van der Waals surface area (Å²) in [5.74, 6) is -1.66. The molecular formula is C39H56F2N4O. The van der Waals surface area contributed by atoms with Crippen molar-refractivity contribution >= 4 is 23.0 Å². The molecule has 2 heterocycles. The van der Waals surface area contributed by atoms with Gasteiger partial charge in [0, 0.05) is 55.6 Å². The summed E-state index contributed by atoms with van der Waals surface area (Å²) in [6.07, 6.45) is 7.22. The van der Waals surface area contributed by atoms with Crippen molar-refractivity contribution in [3.05, 3.63) is 94.2 Å². The highest BCUT2D eigenvalue weighted by Crippen LogP contribution is 2.32. The molecule has 1 aliphatic heterocycles.